The van der Waals surface area contributed by atoms with Gasteiger partial charge in [-0.1, -0.05) is 212 Å². The quantitative estimate of drug-likeness (QED) is 0.0171. The van der Waals surface area contributed by atoms with Crippen LogP contribution in [0.5, 0.6) is 0 Å². The molecule has 0 saturated heterocycles. The first-order chi connectivity index (χ1) is 53.5. The van der Waals surface area contributed by atoms with E-state index in [9.17, 15) is 13.9 Å². The Labute approximate surface area is 640 Å². The molecule has 109 heavy (non-hydrogen) atoms. The lowest BCUT2D eigenvalue weighted by atomic mass is 9.99. The minimum absolute atomic E-state index is 0.232. The van der Waals surface area contributed by atoms with Gasteiger partial charge in [-0.2, -0.15) is 0 Å². The molecule has 12 heteroatoms. The van der Waals surface area contributed by atoms with Crippen molar-refractivity contribution in [1.82, 2.24) is 0 Å². The summed E-state index contributed by atoms with van der Waals surface area (Å²) in [5.74, 6) is 0. The van der Waals surface area contributed by atoms with Crippen molar-refractivity contribution < 1.29 is 32.4 Å². The summed E-state index contributed by atoms with van der Waals surface area (Å²) in [5.41, 5.74) is 15.6. The zero-order valence-corrected chi connectivity index (χ0v) is 63.3. The third kappa shape index (κ3) is 18.9. The van der Waals surface area contributed by atoms with Crippen LogP contribution < -0.4 is 14.7 Å². The lowest BCUT2D eigenvalue weighted by Crippen LogP contribution is -2.27. The van der Waals surface area contributed by atoms with E-state index in [4.69, 9.17) is 18.5 Å². The number of nitrogens with zero attached hydrogens (tertiary/aromatic N) is 3. The van der Waals surface area contributed by atoms with E-state index >= 15 is 0 Å². The average Bonchev–Trinajstić information content (AvgIpc) is 0.950. The molecule has 0 aliphatic rings. The van der Waals surface area contributed by atoms with Crippen molar-refractivity contribution >= 4 is 141 Å². The SMILES string of the molecule is C(=Cc1ccc2cc3cc(C=Cc4ccc(N(c5ccccc5)c5ccccc5)cc4)ccc3cc2c1)c1ccc(N(c2ccccc2)c2ccccc2)cc1.CCOC(OCC)(P=O)c1ccc2cc3cc(CP(=O)(OCC)OCC)ccc3cc2c1.O=Cc1ccc(N(c2ccccc2)c2ccccc2)cc1. The molecule has 540 valence electrons. The maximum atomic E-state index is 12.9. The number of fused-ring (bicyclic) bond motifs is 4. The Kier molecular flexibility index (Phi) is 25.3. The summed E-state index contributed by atoms with van der Waals surface area (Å²) in [6.07, 6.45) is 9.87. The molecule has 15 aromatic carbocycles. The fraction of sp³-hybridized carbons (Fsp3) is 0.103. The van der Waals surface area contributed by atoms with E-state index < -0.39 is 13.1 Å². The van der Waals surface area contributed by atoms with Gasteiger partial charge in [0.15, 0.2) is 0 Å². The number of aldehydes is 1. The number of carbonyl (C=O) groups excluding carboxylic acids is 1. The largest absolute Gasteiger partial charge is 0.337 e. The molecule has 15 aromatic rings. The van der Waals surface area contributed by atoms with Crippen LogP contribution in [-0.4, -0.2) is 32.7 Å². The van der Waals surface area contributed by atoms with Crippen molar-refractivity contribution in [3.8, 4) is 0 Å². The second-order valence-electron chi connectivity index (χ2n) is 25.9. The van der Waals surface area contributed by atoms with E-state index in [2.05, 4.69) is 294 Å². The fourth-order valence-electron chi connectivity index (χ4n) is 13.4. The van der Waals surface area contributed by atoms with Crippen LogP contribution in [0.3, 0.4) is 0 Å². The Hall–Kier alpha value is -11.9. The lowest BCUT2D eigenvalue weighted by molar-refractivity contribution is -0.176. The molecule has 0 unspecified atom stereocenters. The van der Waals surface area contributed by atoms with Crippen LogP contribution in [0.25, 0.3) is 67.4 Å². The number of rotatable bonds is 26. The second kappa shape index (κ2) is 36.6. The first-order valence-corrected chi connectivity index (χ1v) is 39.4. The molecule has 0 amide bonds. The zero-order chi connectivity index (χ0) is 75.2. The number of ether oxygens (including phenoxy) is 2. The molecule has 0 radical (unpaired) electrons. The van der Waals surface area contributed by atoms with Gasteiger partial charge in [-0.25, -0.2) is 0 Å². The van der Waals surface area contributed by atoms with Gasteiger partial charge in [0.05, 0.1) is 19.4 Å². The monoisotopic (exact) mass is 1470 g/mol. The van der Waals surface area contributed by atoms with Crippen molar-refractivity contribution in [1.29, 1.82) is 0 Å². The molecule has 0 aromatic heterocycles. The van der Waals surface area contributed by atoms with E-state index in [-0.39, 0.29) is 14.6 Å². The summed E-state index contributed by atoms with van der Waals surface area (Å²) >= 11 is 0. The van der Waals surface area contributed by atoms with Crippen LogP contribution in [0.2, 0.25) is 0 Å². The summed E-state index contributed by atoms with van der Waals surface area (Å²) in [7, 11) is -3.41. The number of para-hydroxylation sites is 6. The minimum Gasteiger partial charge on any atom is -0.337 e. The van der Waals surface area contributed by atoms with Crippen molar-refractivity contribution in [3.63, 3.8) is 0 Å². The molecule has 10 nitrogen and oxygen atoms in total. The standard InChI is InChI=1S/C54H40N2.C24H30O6P2.C19H15NO/c1-5-13-49(14-6-1)55(50-15-7-2-8-16-50)53-33-27-41(28-34-53)21-23-43-25-31-45-40-48-38-44(26-32-46(48)39-47(45)37-43)24-22-42-29-35-54(36-30-42)56(51-17-9-3-10-18-51)52-19-11-4-12-20-52;1-5-27-24(31-25,28-6-2)23-12-11-20-14-21-13-18(9-10-19(21)15-22(20)16-23)17-32(26,29-7-3)30-8-4;21-15-16-11-13-19(14-12-16)20(17-7-3-1-4-8-17)18-9-5-2-6-10-18/h1-40H;9-16H,5-8,17H2,1-4H3;1-15H. The van der Waals surface area contributed by atoms with Crippen LogP contribution in [0, 0.1) is 0 Å². The number of benzene rings is 15. The Balaban J connectivity index is 0.000000165. The molecular weight excluding hydrogens is 1380 g/mol. The number of hydrogen-bond acceptors (Lipinski definition) is 10. The van der Waals surface area contributed by atoms with E-state index in [1.165, 1.54) is 32.7 Å². The van der Waals surface area contributed by atoms with E-state index in [1.54, 1.807) is 0 Å². The molecule has 15 rings (SSSR count). The Morgan fingerprint density at radius 1 is 0.303 bits per heavy atom. The Morgan fingerprint density at radius 2 is 0.587 bits per heavy atom. The van der Waals surface area contributed by atoms with E-state index in [0.717, 1.165) is 95.7 Å². The normalized spacial score (nSPS) is 11.6. The molecule has 0 bridgehead atoms. The van der Waals surface area contributed by atoms with Gasteiger partial charge in [-0.15, -0.1) is 0 Å². The van der Waals surface area contributed by atoms with Gasteiger partial charge in [0.1, 0.15) is 6.29 Å². The van der Waals surface area contributed by atoms with Gasteiger partial charge in [0.2, 0.25) is 8.46 Å². The smallest absolute Gasteiger partial charge is 0.335 e. The van der Waals surface area contributed by atoms with Gasteiger partial charge in [0.25, 0.3) is 5.53 Å². The maximum absolute atomic E-state index is 12.9. The lowest BCUT2D eigenvalue weighted by Gasteiger charge is -2.27. The van der Waals surface area contributed by atoms with Crippen molar-refractivity contribution in [2.45, 2.75) is 39.4 Å². The number of carbonyl (C=O) groups is 1. The van der Waals surface area contributed by atoms with E-state index in [1.807, 2.05) is 125 Å². The highest BCUT2D eigenvalue weighted by molar-refractivity contribution is 7.53. The van der Waals surface area contributed by atoms with Crippen molar-refractivity contribution in [2.75, 3.05) is 41.1 Å². The highest BCUT2D eigenvalue weighted by atomic mass is 31.2. The molecule has 0 aliphatic carbocycles. The summed E-state index contributed by atoms with van der Waals surface area (Å²) in [5, 5.41) is 9.03. The van der Waals surface area contributed by atoms with Crippen molar-refractivity contribution in [2.24, 2.45) is 0 Å². The fourth-order valence-corrected chi connectivity index (χ4v) is 15.7. The molecule has 0 spiro atoms. The molecule has 0 N–H and O–H groups in total. The summed E-state index contributed by atoms with van der Waals surface area (Å²) in [6.45, 7) is 8.75. The van der Waals surface area contributed by atoms with Crippen LogP contribution in [0.1, 0.15) is 71.4 Å². The third-order valence-electron chi connectivity index (χ3n) is 18.5. The zero-order valence-electron chi connectivity index (χ0n) is 61.5. The van der Waals surface area contributed by atoms with E-state index in [0.29, 0.717) is 37.6 Å². The summed E-state index contributed by atoms with van der Waals surface area (Å²) in [4.78, 5) is 17.5. The van der Waals surface area contributed by atoms with Gasteiger partial charge >= 0.3 is 7.60 Å². The van der Waals surface area contributed by atoms with Crippen LogP contribution in [0.15, 0.2) is 352 Å². The number of hydrogen-bond donors (Lipinski definition) is 0. The number of anilines is 9. The minimum atomic E-state index is -3.17. The van der Waals surface area contributed by atoms with Gasteiger partial charge < -0.3 is 33.2 Å². The Morgan fingerprint density at radius 3 is 0.908 bits per heavy atom. The highest BCUT2D eigenvalue weighted by Crippen LogP contribution is 2.52. The maximum Gasteiger partial charge on any atom is 0.335 e. The second-order valence-corrected chi connectivity index (χ2v) is 28.7. The molecule has 0 heterocycles. The Bertz CT molecular complexity index is 5270. The first kappa shape index (κ1) is 75.3. The van der Waals surface area contributed by atoms with Gasteiger partial charge in [0, 0.05) is 75.5 Å². The topological polar surface area (TPSA) is 97.9 Å². The van der Waals surface area contributed by atoms with Crippen LogP contribution in [-0.2, 0) is 39.3 Å². The van der Waals surface area contributed by atoms with Crippen LogP contribution >= 0.6 is 16.1 Å². The third-order valence-corrected chi connectivity index (χ3v) is 21.3. The molecule has 0 aliphatic heterocycles. The summed E-state index contributed by atoms with van der Waals surface area (Å²) < 4.78 is 47.3. The van der Waals surface area contributed by atoms with Gasteiger partial charge in [-0.05, 0) is 262 Å². The first-order valence-electron chi connectivity index (χ1n) is 36.8. The molecule has 0 atom stereocenters. The van der Waals surface area contributed by atoms with Crippen molar-refractivity contribution in [3.05, 3.63) is 391 Å². The van der Waals surface area contributed by atoms with Crippen LogP contribution in [0.4, 0.5) is 51.2 Å². The van der Waals surface area contributed by atoms with Gasteiger partial charge in [-0.3, -0.25) is 13.9 Å². The molecule has 0 fully saturated rings. The molecular formula is C97H85N3O7P2. The average molecular weight is 1470 g/mol. The predicted molar refractivity (Wildman–Crippen MR) is 457 cm³/mol. The highest BCUT2D eigenvalue weighted by Gasteiger charge is 2.35. The molecule has 0 saturated carbocycles. The predicted octanol–water partition coefficient (Wildman–Crippen LogP) is 27.5. The summed E-state index contributed by atoms with van der Waals surface area (Å²) in [6, 6.07) is 121.